The molecule has 0 atom stereocenters. The van der Waals surface area contributed by atoms with Crippen LogP contribution in [0.4, 0.5) is 18.9 Å². The Hall–Kier alpha value is -4.32. The fourth-order valence-corrected chi connectivity index (χ4v) is 4.77. The minimum Gasteiger partial charge on any atom is -0.494 e. The number of para-hydroxylation sites is 2. The first-order valence-corrected chi connectivity index (χ1v) is 12.8. The maximum atomic E-state index is 13.5. The molecule has 0 radical (unpaired) electrons. The number of amides is 1. The smallest absolute Gasteiger partial charge is 0.433 e. The summed E-state index contributed by atoms with van der Waals surface area (Å²) in [6, 6.07) is 13.0. The van der Waals surface area contributed by atoms with Crippen molar-refractivity contribution in [3.63, 3.8) is 0 Å². The molecule has 0 bridgehead atoms. The molecule has 5 rings (SSSR count). The molecule has 0 saturated carbocycles. The minimum atomic E-state index is -4.63. The lowest BCUT2D eigenvalue weighted by Gasteiger charge is -2.36. The van der Waals surface area contributed by atoms with Gasteiger partial charge in [0.15, 0.2) is 11.5 Å². The van der Waals surface area contributed by atoms with Crippen molar-refractivity contribution in [1.29, 1.82) is 0 Å². The van der Waals surface area contributed by atoms with Crippen molar-refractivity contribution in [3.8, 4) is 23.0 Å². The normalized spacial score (nSPS) is 14.1. The van der Waals surface area contributed by atoms with Gasteiger partial charge in [-0.15, -0.1) is 0 Å². The summed E-state index contributed by atoms with van der Waals surface area (Å²) in [6.45, 7) is 4.47. The van der Waals surface area contributed by atoms with Crippen molar-refractivity contribution < 1.29 is 31.9 Å². The number of nitrogens with zero attached hydrogens (tertiary/aromatic N) is 4. The highest BCUT2D eigenvalue weighted by Gasteiger charge is 2.33. The van der Waals surface area contributed by atoms with Crippen molar-refractivity contribution in [2.24, 2.45) is 5.73 Å². The summed E-state index contributed by atoms with van der Waals surface area (Å²) in [5, 5.41) is 0.331. The molecule has 1 aliphatic heterocycles. The van der Waals surface area contributed by atoms with Gasteiger partial charge in [0.1, 0.15) is 22.7 Å². The summed E-state index contributed by atoms with van der Waals surface area (Å²) in [4.78, 5) is 25.6. The molecule has 0 unspecified atom stereocenters. The number of halogens is 3. The highest BCUT2D eigenvalue weighted by atomic mass is 19.4. The van der Waals surface area contributed by atoms with Crippen LogP contribution in [0.1, 0.15) is 28.9 Å². The number of oxazole rings is 1. The average molecular weight is 556 g/mol. The van der Waals surface area contributed by atoms with E-state index in [1.807, 2.05) is 31.2 Å². The molecule has 1 saturated heterocycles. The van der Waals surface area contributed by atoms with Crippen LogP contribution in [-0.2, 0) is 12.7 Å². The number of pyridine rings is 1. The Morgan fingerprint density at radius 3 is 2.45 bits per heavy atom. The molecule has 2 N–H and O–H groups in total. The van der Waals surface area contributed by atoms with E-state index in [-0.39, 0.29) is 41.1 Å². The highest BCUT2D eigenvalue weighted by Crippen LogP contribution is 2.37. The van der Waals surface area contributed by atoms with E-state index in [1.54, 1.807) is 11.0 Å². The van der Waals surface area contributed by atoms with Gasteiger partial charge < -0.3 is 29.4 Å². The number of fused-ring (bicyclic) bond motifs is 1. The number of aromatic nitrogens is 2. The standard InChI is InChI=1S/C28H28F3N5O4/c1-3-39-20-7-5-4-6-19(20)35-12-14-36(15-13-35)27(37)25-22(16-32)40-26(34-25)18-8-10-21(38-2)24-17(18)9-11-23(33-24)28(29,30)31/h4-11H,3,12-16,32H2,1-2H3. The Morgan fingerprint density at radius 1 is 1.02 bits per heavy atom. The molecule has 4 aromatic rings. The van der Waals surface area contributed by atoms with Crippen LogP contribution in [0, 0.1) is 0 Å². The van der Waals surface area contributed by atoms with Crippen LogP contribution in [0.3, 0.4) is 0 Å². The number of hydrogen-bond donors (Lipinski definition) is 1. The molecule has 9 nitrogen and oxygen atoms in total. The highest BCUT2D eigenvalue weighted by molar-refractivity contribution is 5.98. The zero-order valence-electron chi connectivity index (χ0n) is 22.0. The second kappa shape index (κ2) is 11.0. The molecule has 2 aromatic carbocycles. The Morgan fingerprint density at radius 2 is 1.77 bits per heavy atom. The molecule has 1 aliphatic rings. The lowest BCUT2D eigenvalue weighted by atomic mass is 10.1. The number of nitrogens with two attached hydrogens (primary N) is 1. The fourth-order valence-electron chi connectivity index (χ4n) is 4.77. The molecule has 2 aromatic heterocycles. The quantitative estimate of drug-likeness (QED) is 0.349. The third kappa shape index (κ3) is 5.14. The number of carbonyl (C=O) groups is 1. The van der Waals surface area contributed by atoms with Crippen molar-refractivity contribution in [3.05, 3.63) is 65.7 Å². The van der Waals surface area contributed by atoms with E-state index in [0.29, 0.717) is 43.7 Å². The predicted octanol–water partition coefficient (Wildman–Crippen LogP) is 4.74. The number of rotatable bonds is 7. The van der Waals surface area contributed by atoms with Gasteiger partial charge in [0, 0.05) is 37.1 Å². The van der Waals surface area contributed by atoms with Gasteiger partial charge in [0.2, 0.25) is 5.89 Å². The van der Waals surface area contributed by atoms with Gasteiger partial charge in [-0.3, -0.25) is 4.79 Å². The van der Waals surface area contributed by atoms with Crippen LogP contribution in [0.5, 0.6) is 11.5 Å². The second-order valence-electron chi connectivity index (χ2n) is 9.08. The number of piperazine rings is 1. The van der Waals surface area contributed by atoms with E-state index >= 15 is 0 Å². The zero-order chi connectivity index (χ0) is 28.4. The molecular weight excluding hydrogens is 527 g/mol. The SMILES string of the molecule is CCOc1ccccc1N1CCN(C(=O)c2nc(-c3ccc(OC)c4nc(C(F)(F)F)ccc34)oc2CN)CC1. The average Bonchev–Trinajstić information content (AvgIpc) is 3.40. The minimum absolute atomic E-state index is 0.00124. The Labute approximate surface area is 228 Å². The van der Waals surface area contributed by atoms with Crippen LogP contribution in [-0.4, -0.2) is 60.7 Å². The first-order valence-electron chi connectivity index (χ1n) is 12.8. The van der Waals surface area contributed by atoms with Gasteiger partial charge in [-0.05, 0) is 43.3 Å². The topological polar surface area (TPSA) is 107 Å². The van der Waals surface area contributed by atoms with E-state index in [0.717, 1.165) is 17.5 Å². The number of methoxy groups -OCH3 is 1. The van der Waals surface area contributed by atoms with Gasteiger partial charge in [-0.2, -0.15) is 13.2 Å². The van der Waals surface area contributed by atoms with Crippen molar-refractivity contribution in [1.82, 2.24) is 14.9 Å². The molecule has 12 heteroatoms. The number of carbonyl (C=O) groups excluding carboxylic acids is 1. The van der Waals surface area contributed by atoms with E-state index < -0.39 is 11.9 Å². The zero-order valence-corrected chi connectivity index (χ0v) is 22.0. The van der Waals surface area contributed by atoms with Gasteiger partial charge in [0.25, 0.3) is 5.91 Å². The maximum absolute atomic E-state index is 13.5. The lowest BCUT2D eigenvalue weighted by molar-refractivity contribution is -0.140. The van der Waals surface area contributed by atoms with Crippen LogP contribution >= 0.6 is 0 Å². The fraction of sp³-hybridized carbons (Fsp3) is 0.321. The third-order valence-electron chi connectivity index (χ3n) is 6.72. The first kappa shape index (κ1) is 27.3. The third-order valence-corrected chi connectivity index (χ3v) is 6.72. The van der Waals surface area contributed by atoms with Crippen LogP contribution in [0.15, 0.2) is 52.9 Å². The summed E-state index contributed by atoms with van der Waals surface area (Å²) in [5.41, 5.74) is 6.25. The van der Waals surface area contributed by atoms with E-state index in [1.165, 1.54) is 19.2 Å². The number of alkyl halides is 3. The van der Waals surface area contributed by atoms with Crippen LogP contribution < -0.4 is 20.1 Å². The van der Waals surface area contributed by atoms with Crippen LogP contribution in [0.2, 0.25) is 0 Å². The number of benzene rings is 2. The van der Waals surface area contributed by atoms with Gasteiger partial charge in [-0.25, -0.2) is 9.97 Å². The predicted molar refractivity (Wildman–Crippen MR) is 142 cm³/mol. The molecule has 210 valence electrons. The first-order chi connectivity index (χ1) is 19.2. The molecule has 1 fully saturated rings. The summed E-state index contributed by atoms with van der Waals surface area (Å²) < 4.78 is 56.8. The summed E-state index contributed by atoms with van der Waals surface area (Å²) in [6.07, 6.45) is -4.63. The molecular formula is C28H28F3N5O4. The second-order valence-corrected chi connectivity index (χ2v) is 9.08. The number of ether oxygens (including phenoxy) is 2. The monoisotopic (exact) mass is 555 g/mol. The summed E-state index contributed by atoms with van der Waals surface area (Å²) in [5.74, 6) is 0.870. The largest absolute Gasteiger partial charge is 0.494 e. The van der Waals surface area contributed by atoms with Gasteiger partial charge in [-0.1, -0.05) is 12.1 Å². The molecule has 0 aliphatic carbocycles. The summed E-state index contributed by atoms with van der Waals surface area (Å²) >= 11 is 0. The number of anilines is 1. The Balaban J connectivity index is 1.42. The van der Waals surface area contributed by atoms with E-state index in [2.05, 4.69) is 14.9 Å². The molecule has 40 heavy (non-hydrogen) atoms. The Bertz CT molecular complexity index is 1530. The van der Waals surface area contributed by atoms with Crippen LogP contribution in [0.25, 0.3) is 22.4 Å². The maximum Gasteiger partial charge on any atom is 0.433 e. The Kier molecular flexibility index (Phi) is 7.53. The lowest BCUT2D eigenvalue weighted by Crippen LogP contribution is -2.49. The van der Waals surface area contributed by atoms with Crippen molar-refractivity contribution >= 4 is 22.5 Å². The van der Waals surface area contributed by atoms with E-state index in [9.17, 15) is 18.0 Å². The number of hydrogen-bond acceptors (Lipinski definition) is 8. The van der Waals surface area contributed by atoms with Gasteiger partial charge in [0.05, 0.1) is 25.9 Å². The molecule has 0 spiro atoms. The van der Waals surface area contributed by atoms with Crippen molar-refractivity contribution in [2.75, 3.05) is 44.8 Å². The molecule has 3 heterocycles. The summed E-state index contributed by atoms with van der Waals surface area (Å²) in [7, 11) is 1.35. The van der Waals surface area contributed by atoms with Gasteiger partial charge >= 0.3 is 6.18 Å². The van der Waals surface area contributed by atoms with Crippen molar-refractivity contribution in [2.45, 2.75) is 19.6 Å². The van der Waals surface area contributed by atoms with E-state index in [4.69, 9.17) is 19.6 Å². The molecule has 1 amide bonds.